The first-order valence-electron chi connectivity index (χ1n) is 7.26. The highest BCUT2D eigenvalue weighted by molar-refractivity contribution is 5.91. The SMILES string of the molecule is CC(=O)N[C@H](C(=O)N[C@@H](CCCNC(N)=O)C(C)=O)C(C)C. The first kappa shape index (κ1) is 19.9. The standard InChI is InChI=1S/C14H26N4O4/c1-8(2)12(17-10(4)20)13(21)18-11(9(3)19)6-5-7-16-14(15)22/h8,11-12H,5-7H2,1-4H3,(H,17,20)(H,18,21)(H3,15,16,22)/t11-,12-/m0/s1. The minimum Gasteiger partial charge on any atom is -0.352 e. The number of hydrogen-bond acceptors (Lipinski definition) is 4. The largest absolute Gasteiger partial charge is 0.352 e. The Balaban J connectivity index is 4.58. The van der Waals surface area contributed by atoms with Gasteiger partial charge in [0.15, 0.2) is 5.78 Å². The molecule has 126 valence electrons. The van der Waals surface area contributed by atoms with E-state index in [4.69, 9.17) is 5.73 Å². The van der Waals surface area contributed by atoms with Crippen LogP contribution in [0.15, 0.2) is 0 Å². The monoisotopic (exact) mass is 314 g/mol. The molecule has 0 spiro atoms. The van der Waals surface area contributed by atoms with Crippen LogP contribution in [0.3, 0.4) is 0 Å². The summed E-state index contributed by atoms with van der Waals surface area (Å²) in [5.41, 5.74) is 4.94. The summed E-state index contributed by atoms with van der Waals surface area (Å²) in [6, 6.07) is -1.98. The maximum absolute atomic E-state index is 12.2. The molecule has 22 heavy (non-hydrogen) atoms. The Morgan fingerprint density at radius 2 is 1.64 bits per heavy atom. The molecule has 0 radical (unpaired) electrons. The molecule has 0 saturated heterocycles. The fraction of sp³-hybridized carbons (Fsp3) is 0.714. The smallest absolute Gasteiger partial charge is 0.312 e. The lowest BCUT2D eigenvalue weighted by Gasteiger charge is -2.24. The molecule has 2 atom stereocenters. The number of Topliss-reactive ketones (excluding diaryl/α,β-unsaturated/α-hetero) is 1. The number of carbonyl (C=O) groups is 4. The number of nitrogens with two attached hydrogens (primary N) is 1. The molecule has 0 aromatic rings. The van der Waals surface area contributed by atoms with Crippen LogP contribution in [0.5, 0.6) is 0 Å². The normalized spacial score (nSPS) is 13.1. The molecule has 0 aliphatic rings. The predicted octanol–water partition coefficient (Wildman–Crippen LogP) is -0.331. The third kappa shape index (κ3) is 8.23. The van der Waals surface area contributed by atoms with Crippen LogP contribution in [0, 0.1) is 5.92 Å². The van der Waals surface area contributed by atoms with Gasteiger partial charge in [-0.1, -0.05) is 13.8 Å². The Morgan fingerprint density at radius 3 is 2.05 bits per heavy atom. The summed E-state index contributed by atoms with van der Waals surface area (Å²) in [7, 11) is 0. The number of urea groups is 1. The topological polar surface area (TPSA) is 130 Å². The first-order valence-corrected chi connectivity index (χ1v) is 7.26. The molecule has 0 aromatic carbocycles. The number of hydrogen-bond donors (Lipinski definition) is 4. The van der Waals surface area contributed by atoms with Crippen LogP contribution in [0.2, 0.25) is 0 Å². The molecular weight excluding hydrogens is 288 g/mol. The van der Waals surface area contributed by atoms with E-state index in [1.54, 1.807) is 13.8 Å². The molecular formula is C14H26N4O4. The van der Waals surface area contributed by atoms with Gasteiger partial charge in [0.2, 0.25) is 11.8 Å². The summed E-state index contributed by atoms with van der Waals surface area (Å²) in [5.74, 6) is -0.988. The van der Waals surface area contributed by atoms with Gasteiger partial charge in [0.05, 0.1) is 6.04 Å². The van der Waals surface area contributed by atoms with Gasteiger partial charge >= 0.3 is 6.03 Å². The van der Waals surface area contributed by atoms with Crippen LogP contribution >= 0.6 is 0 Å². The number of rotatable bonds is 9. The van der Waals surface area contributed by atoms with E-state index in [-0.39, 0.29) is 17.6 Å². The van der Waals surface area contributed by atoms with Crippen LogP contribution in [0.4, 0.5) is 4.79 Å². The molecule has 0 rings (SSSR count). The van der Waals surface area contributed by atoms with Crippen molar-refractivity contribution in [3.05, 3.63) is 0 Å². The second-order valence-electron chi connectivity index (χ2n) is 5.53. The molecule has 0 aromatic heterocycles. The van der Waals surface area contributed by atoms with Crippen molar-refractivity contribution in [1.29, 1.82) is 0 Å². The Morgan fingerprint density at radius 1 is 1.05 bits per heavy atom. The van der Waals surface area contributed by atoms with Crippen molar-refractivity contribution in [2.75, 3.05) is 6.54 Å². The van der Waals surface area contributed by atoms with Crippen LogP contribution in [0.1, 0.15) is 40.5 Å². The minimum absolute atomic E-state index is 0.104. The molecule has 0 bridgehead atoms. The Kier molecular flexibility index (Phi) is 8.81. The van der Waals surface area contributed by atoms with E-state index in [2.05, 4.69) is 16.0 Å². The van der Waals surface area contributed by atoms with E-state index < -0.39 is 24.0 Å². The Labute approximate surface area is 130 Å². The summed E-state index contributed by atoms with van der Waals surface area (Å²) in [4.78, 5) is 45.5. The average Bonchev–Trinajstić information content (AvgIpc) is 2.38. The summed E-state index contributed by atoms with van der Waals surface area (Å²) in [6.45, 7) is 6.66. The van der Waals surface area contributed by atoms with E-state index in [1.807, 2.05) is 0 Å². The third-order valence-corrected chi connectivity index (χ3v) is 3.08. The molecule has 0 aliphatic heterocycles. The van der Waals surface area contributed by atoms with E-state index in [0.717, 1.165) is 0 Å². The van der Waals surface area contributed by atoms with E-state index in [9.17, 15) is 19.2 Å². The quantitative estimate of drug-likeness (QED) is 0.434. The second-order valence-corrected chi connectivity index (χ2v) is 5.53. The molecule has 8 nitrogen and oxygen atoms in total. The van der Waals surface area contributed by atoms with Crippen molar-refractivity contribution in [1.82, 2.24) is 16.0 Å². The molecule has 5 N–H and O–H groups in total. The van der Waals surface area contributed by atoms with E-state index in [1.165, 1.54) is 13.8 Å². The molecule has 8 heteroatoms. The van der Waals surface area contributed by atoms with Gasteiger partial charge in [-0.15, -0.1) is 0 Å². The predicted molar refractivity (Wildman–Crippen MR) is 81.9 cm³/mol. The maximum atomic E-state index is 12.2. The van der Waals surface area contributed by atoms with Crippen molar-refractivity contribution >= 4 is 23.6 Å². The summed E-state index contributed by atoms with van der Waals surface area (Å²) < 4.78 is 0. The first-order chi connectivity index (χ1) is 10.1. The van der Waals surface area contributed by atoms with Crippen LogP contribution in [-0.2, 0) is 14.4 Å². The average molecular weight is 314 g/mol. The number of amides is 4. The van der Waals surface area contributed by atoms with Gasteiger partial charge in [-0.05, 0) is 25.7 Å². The summed E-state index contributed by atoms with van der Waals surface area (Å²) in [5, 5.41) is 7.63. The molecule has 0 unspecified atom stereocenters. The molecule has 0 saturated carbocycles. The number of primary amides is 1. The fourth-order valence-electron chi connectivity index (χ4n) is 1.91. The van der Waals surface area contributed by atoms with Crippen LogP contribution in [-0.4, -0.2) is 42.3 Å². The van der Waals surface area contributed by atoms with Gasteiger partial charge in [0.25, 0.3) is 0 Å². The van der Waals surface area contributed by atoms with Crippen molar-refractivity contribution in [2.24, 2.45) is 11.7 Å². The number of carbonyl (C=O) groups excluding carboxylic acids is 4. The van der Waals surface area contributed by atoms with Gasteiger partial charge in [-0.3, -0.25) is 14.4 Å². The number of ketones is 1. The lowest BCUT2D eigenvalue weighted by molar-refractivity contribution is -0.131. The summed E-state index contributed by atoms with van der Waals surface area (Å²) >= 11 is 0. The van der Waals surface area contributed by atoms with E-state index in [0.29, 0.717) is 19.4 Å². The zero-order valence-corrected chi connectivity index (χ0v) is 13.6. The fourth-order valence-corrected chi connectivity index (χ4v) is 1.91. The number of nitrogens with one attached hydrogen (secondary N) is 3. The highest BCUT2D eigenvalue weighted by Crippen LogP contribution is 2.05. The maximum Gasteiger partial charge on any atom is 0.312 e. The lowest BCUT2D eigenvalue weighted by Crippen LogP contribution is -2.53. The van der Waals surface area contributed by atoms with Gasteiger partial charge in [0.1, 0.15) is 6.04 Å². The van der Waals surface area contributed by atoms with Gasteiger partial charge < -0.3 is 21.7 Å². The van der Waals surface area contributed by atoms with E-state index >= 15 is 0 Å². The van der Waals surface area contributed by atoms with Gasteiger partial charge in [-0.2, -0.15) is 0 Å². The van der Waals surface area contributed by atoms with Crippen molar-refractivity contribution < 1.29 is 19.2 Å². The lowest BCUT2D eigenvalue weighted by atomic mass is 10.0. The molecule has 0 fully saturated rings. The summed E-state index contributed by atoms with van der Waals surface area (Å²) in [6.07, 6.45) is 0.881. The van der Waals surface area contributed by atoms with Crippen molar-refractivity contribution in [3.63, 3.8) is 0 Å². The van der Waals surface area contributed by atoms with Crippen LogP contribution in [0.25, 0.3) is 0 Å². The zero-order chi connectivity index (χ0) is 17.3. The molecule has 0 heterocycles. The highest BCUT2D eigenvalue weighted by atomic mass is 16.2. The van der Waals surface area contributed by atoms with Gasteiger partial charge in [0, 0.05) is 13.5 Å². The third-order valence-electron chi connectivity index (χ3n) is 3.08. The Hall–Kier alpha value is -2.12. The molecule has 0 aliphatic carbocycles. The van der Waals surface area contributed by atoms with Crippen LogP contribution < -0.4 is 21.7 Å². The van der Waals surface area contributed by atoms with Crippen molar-refractivity contribution in [3.8, 4) is 0 Å². The minimum atomic E-state index is -0.692. The molecule has 4 amide bonds. The zero-order valence-electron chi connectivity index (χ0n) is 13.6. The Bertz CT molecular complexity index is 423. The van der Waals surface area contributed by atoms with Crippen molar-refractivity contribution in [2.45, 2.75) is 52.6 Å². The second kappa shape index (κ2) is 9.75. The highest BCUT2D eigenvalue weighted by Gasteiger charge is 2.26. The van der Waals surface area contributed by atoms with Gasteiger partial charge in [-0.25, -0.2) is 4.79 Å².